The lowest BCUT2D eigenvalue weighted by molar-refractivity contribution is -0.144. The third-order valence-electron chi connectivity index (χ3n) is 4.98. The van der Waals surface area contributed by atoms with Crippen molar-refractivity contribution < 1.29 is 9.59 Å². The molecule has 118 valence electrons. The van der Waals surface area contributed by atoms with E-state index in [0.29, 0.717) is 19.0 Å². The van der Waals surface area contributed by atoms with Gasteiger partial charge in [-0.25, -0.2) is 0 Å². The average Bonchev–Trinajstić information content (AvgIpc) is 2.98. The number of rotatable bonds is 3. The molecular weight excluding hydrogens is 276 g/mol. The molecule has 1 aromatic rings. The van der Waals surface area contributed by atoms with Gasteiger partial charge in [0, 0.05) is 38.5 Å². The summed E-state index contributed by atoms with van der Waals surface area (Å²) in [5, 5.41) is 0. The summed E-state index contributed by atoms with van der Waals surface area (Å²) in [6.07, 6.45) is 4.25. The highest BCUT2D eigenvalue weighted by Crippen LogP contribution is 2.27. The predicted molar refractivity (Wildman–Crippen MR) is 85.2 cm³/mol. The van der Waals surface area contributed by atoms with Crippen molar-refractivity contribution in [1.29, 1.82) is 0 Å². The summed E-state index contributed by atoms with van der Waals surface area (Å²) in [6, 6.07) is 10.7. The molecule has 2 amide bonds. The first-order chi connectivity index (χ1) is 10.6. The zero-order valence-corrected chi connectivity index (χ0v) is 13.2. The van der Waals surface area contributed by atoms with Crippen LogP contribution in [0.5, 0.6) is 0 Å². The van der Waals surface area contributed by atoms with Crippen LogP contribution in [-0.2, 0) is 16.0 Å². The maximum absolute atomic E-state index is 12.8. The second-order valence-corrected chi connectivity index (χ2v) is 6.52. The van der Waals surface area contributed by atoms with Gasteiger partial charge in [0.05, 0.1) is 0 Å². The van der Waals surface area contributed by atoms with E-state index in [9.17, 15) is 9.59 Å². The molecule has 0 bridgehead atoms. The van der Waals surface area contributed by atoms with Gasteiger partial charge in [-0.3, -0.25) is 9.59 Å². The fraction of sp³-hybridized carbons (Fsp3) is 0.556. The summed E-state index contributed by atoms with van der Waals surface area (Å²) in [5.74, 6) is 0.184. The van der Waals surface area contributed by atoms with E-state index >= 15 is 0 Å². The van der Waals surface area contributed by atoms with E-state index in [1.165, 1.54) is 5.56 Å². The monoisotopic (exact) mass is 300 g/mol. The molecule has 0 saturated carbocycles. The summed E-state index contributed by atoms with van der Waals surface area (Å²) >= 11 is 0. The van der Waals surface area contributed by atoms with Crippen LogP contribution in [-0.4, -0.2) is 47.8 Å². The Morgan fingerprint density at radius 2 is 1.95 bits per heavy atom. The summed E-state index contributed by atoms with van der Waals surface area (Å²) in [5.41, 5.74) is 1.28. The molecule has 0 radical (unpaired) electrons. The van der Waals surface area contributed by atoms with Gasteiger partial charge >= 0.3 is 0 Å². The minimum atomic E-state index is -0.111. The number of hydrogen-bond donors (Lipinski definition) is 0. The summed E-state index contributed by atoms with van der Waals surface area (Å²) in [6.45, 7) is 1.54. The van der Waals surface area contributed by atoms with E-state index in [1.54, 1.807) is 4.90 Å². The van der Waals surface area contributed by atoms with Crippen LogP contribution in [0.4, 0.5) is 0 Å². The van der Waals surface area contributed by atoms with Crippen LogP contribution in [0.25, 0.3) is 0 Å². The molecule has 0 N–H and O–H groups in total. The maximum Gasteiger partial charge on any atom is 0.226 e. The zero-order chi connectivity index (χ0) is 15.5. The first kappa shape index (κ1) is 15.1. The first-order valence-electron chi connectivity index (χ1n) is 8.23. The van der Waals surface area contributed by atoms with E-state index in [-0.39, 0.29) is 17.7 Å². The summed E-state index contributed by atoms with van der Waals surface area (Å²) < 4.78 is 0. The highest BCUT2D eigenvalue weighted by Gasteiger charge is 2.36. The molecule has 2 atom stereocenters. The Kier molecular flexibility index (Phi) is 4.46. The maximum atomic E-state index is 12.8. The number of carbonyl (C=O) groups is 2. The first-order valence-corrected chi connectivity index (χ1v) is 8.23. The van der Waals surface area contributed by atoms with Gasteiger partial charge in [0.25, 0.3) is 0 Å². The second kappa shape index (κ2) is 6.51. The number of nitrogens with zero attached hydrogens (tertiary/aromatic N) is 2. The van der Waals surface area contributed by atoms with E-state index in [2.05, 4.69) is 12.1 Å². The molecule has 4 nitrogen and oxygen atoms in total. The molecule has 2 fully saturated rings. The number of likely N-dealkylation sites (tertiary alicyclic amines) is 2. The number of benzene rings is 1. The minimum absolute atomic E-state index is 0.100. The predicted octanol–water partition coefficient (Wildman–Crippen LogP) is 2.09. The van der Waals surface area contributed by atoms with Gasteiger partial charge in [0.1, 0.15) is 0 Å². The highest BCUT2D eigenvalue weighted by molar-refractivity contribution is 5.87. The van der Waals surface area contributed by atoms with Crippen LogP contribution >= 0.6 is 0 Å². The Morgan fingerprint density at radius 3 is 2.68 bits per heavy atom. The molecule has 0 aromatic heterocycles. The molecular formula is C18H24N2O2. The van der Waals surface area contributed by atoms with E-state index in [1.807, 2.05) is 30.1 Å². The van der Waals surface area contributed by atoms with Gasteiger partial charge in [-0.05, 0) is 31.2 Å². The zero-order valence-electron chi connectivity index (χ0n) is 13.2. The largest absolute Gasteiger partial charge is 0.346 e. The third-order valence-corrected chi connectivity index (χ3v) is 4.98. The van der Waals surface area contributed by atoms with Gasteiger partial charge in [-0.15, -0.1) is 0 Å². The van der Waals surface area contributed by atoms with Crippen molar-refractivity contribution in [3.63, 3.8) is 0 Å². The molecule has 2 aliphatic heterocycles. The van der Waals surface area contributed by atoms with Gasteiger partial charge in [0.15, 0.2) is 0 Å². The molecule has 3 rings (SSSR count). The molecule has 2 aliphatic rings. The number of hydrogen-bond acceptors (Lipinski definition) is 2. The molecule has 0 spiro atoms. The van der Waals surface area contributed by atoms with Crippen molar-refractivity contribution in [2.45, 2.75) is 38.1 Å². The quantitative estimate of drug-likeness (QED) is 0.857. The van der Waals surface area contributed by atoms with Crippen LogP contribution in [0.3, 0.4) is 0 Å². The van der Waals surface area contributed by atoms with E-state index in [4.69, 9.17) is 0 Å². The number of amides is 2. The summed E-state index contributed by atoms with van der Waals surface area (Å²) in [4.78, 5) is 28.4. The Hall–Kier alpha value is -1.84. The van der Waals surface area contributed by atoms with E-state index < -0.39 is 0 Å². The highest BCUT2D eigenvalue weighted by atomic mass is 16.2. The minimum Gasteiger partial charge on any atom is -0.346 e. The van der Waals surface area contributed by atoms with Crippen molar-refractivity contribution in [2.75, 3.05) is 20.1 Å². The van der Waals surface area contributed by atoms with Crippen molar-refractivity contribution in [3.05, 3.63) is 35.9 Å². The van der Waals surface area contributed by atoms with Gasteiger partial charge in [0.2, 0.25) is 11.8 Å². The Labute approximate surface area is 132 Å². The average molecular weight is 300 g/mol. The van der Waals surface area contributed by atoms with Crippen molar-refractivity contribution >= 4 is 11.8 Å². The fourth-order valence-corrected chi connectivity index (χ4v) is 3.61. The molecule has 0 aliphatic carbocycles. The molecule has 2 saturated heterocycles. The summed E-state index contributed by atoms with van der Waals surface area (Å²) in [7, 11) is 1.82. The fourth-order valence-electron chi connectivity index (χ4n) is 3.61. The van der Waals surface area contributed by atoms with E-state index in [0.717, 1.165) is 32.2 Å². The molecule has 1 aromatic carbocycles. The van der Waals surface area contributed by atoms with Crippen LogP contribution in [0.2, 0.25) is 0 Å². The van der Waals surface area contributed by atoms with Gasteiger partial charge in [-0.2, -0.15) is 0 Å². The SMILES string of the molecule is CN1CC[C@H](C(=O)N2CCC[C@H]2Cc2ccccc2)CC1=O. The standard InChI is InChI=1S/C18H24N2O2/c1-19-11-9-15(13-17(19)21)18(22)20-10-5-8-16(20)12-14-6-3-2-4-7-14/h2-4,6-7,15-16H,5,8-13H2,1H3/t15-,16-/m0/s1. The molecule has 0 unspecified atom stereocenters. The molecule has 22 heavy (non-hydrogen) atoms. The lowest BCUT2D eigenvalue weighted by atomic mass is 9.94. The van der Waals surface area contributed by atoms with Crippen LogP contribution in [0.15, 0.2) is 30.3 Å². The normalized spacial score (nSPS) is 25.6. The lowest BCUT2D eigenvalue weighted by Crippen LogP contribution is -2.45. The Balaban J connectivity index is 1.65. The second-order valence-electron chi connectivity index (χ2n) is 6.52. The molecule has 4 heteroatoms. The lowest BCUT2D eigenvalue weighted by Gasteiger charge is -2.33. The number of piperidine rings is 1. The van der Waals surface area contributed by atoms with Crippen molar-refractivity contribution in [2.24, 2.45) is 5.92 Å². The topological polar surface area (TPSA) is 40.6 Å². The van der Waals surface area contributed by atoms with Crippen LogP contribution < -0.4 is 0 Å². The van der Waals surface area contributed by atoms with Crippen molar-refractivity contribution in [1.82, 2.24) is 9.80 Å². The number of carbonyl (C=O) groups excluding carboxylic acids is 2. The Morgan fingerprint density at radius 1 is 1.18 bits per heavy atom. The third kappa shape index (κ3) is 3.16. The molecule has 2 heterocycles. The van der Waals surface area contributed by atoms with Gasteiger partial charge in [-0.1, -0.05) is 30.3 Å². The smallest absolute Gasteiger partial charge is 0.226 e. The van der Waals surface area contributed by atoms with Crippen molar-refractivity contribution in [3.8, 4) is 0 Å². The van der Waals surface area contributed by atoms with Crippen LogP contribution in [0, 0.1) is 5.92 Å². The Bertz CT molecular complexity index is 543. The van der Waals surface area contributed by atoms with Crippen LogP contribution in [0.1, 0.15) is 31.2 Å². The van der Waals surface area contributed by atoms with Gasteiger partial charge < -0.3 is 9.80 Å².